The van der Waals surface area contributed by atoms with E-state index in [4.69, 9.17) is 9.84 Å². The minimum Gasteiger partial charge on any atom is -0.508 e. The molecule has 0 heterocycles. The van der Waals surface area contributed by atoms with Crippen LogP contribution < -0.4 is 0 Å². The second-order valence-corrected chi connectivity index (χ2v) is 4.48. The number of phenols is 1. The monoisotopic (exact) mass is 272 g/mol. The molecule has 4 nitrogen and oxygen atoms in total. The van der Waals surface area contributed by atoms with Crippen LogP contribution in [0.25, 0.3) is 0 Å². The molecule has 104 valence electrons. The Hall–Kier alpha value is -2.33. The van der Waals surface area contributed by atoms with Crippen molar-refractivity contribution in [3.8, 4) is 5.75 Å². The molecule has 1 atom stereocenters. The van der Waals surface area contributed by atoms with Crippen LogP contribution in [0, 0.1) is 0 Å². The van der Waals surface area contributed by atoms with Gasteiger partial charge in [-0.25, -0.2) is 4.79 Å². The lowest BCUT2D eigenvalue weighted by Crippen LogP contribution is -2.25. The Kier molecular flexibility index (Phi) is 4.74. The predicted octanol–water partition coefficient (Wildman–Crippen LogP) is 2.04. The maximum Gasteiger partial charge on any atom is 0.335 e. The SMILES string of the molecule is O=C(OCc1ccccc1)[C@H](O)Cc1ccc(O)cc1. The van der Waals surface area contributed by atoms with E-state index in [9.17, 15) is 9.90 Å². The van der Waals surface area contributed by atoms with Gasteiger partial charge in [0, 0.05) is 6.42 Å². The van der Waals surface area contributed by atoms with Gasteiger partial charge in [0.2, 0.25) is 0 Å². The maximum absolute atomic E-state index is 11.7. The Bertz CT molecular complexity index is 548. The second-order valence-electron chi connectivity index (χ2n) is 4.48. The van der Waals surface area contributed by atoms with Crippen molar-refractivity contribution in [3.05, 3.63) is 65.7 Å². The van der Waals surface area contributed by atoms with E-state index < -0.39 is 12.1 Å². The minimum atomic E-state index is -1.21. The van der Waals surface area contributed by atoms with E-state index in [-0.39, 0.29) is 18.8 Å². The van der Waals surface area contributed by atoms with Gasteiger partial charge >= 0.3 is 5.97 Å². The summed E-state index contributed by atoms with van der Waals surface area (Å²) < 4.78 is 5.05. The van der Waals surface area contributed by atoms with E-state index in [1.165, 1.54) is 12.1 Å². The fraction of sp³-hybridized carbons (Fsp3) is 0.188. The van der Waals surface area contributed by atoms with Crippen LogP contribution in [0.1, 0.15) is 11.1 Å². The highest BCUT2D eigenvalue weighted by Gasteiger charge is 2.17. The number of phenolic OH excluding ortho intramolecular Hbond substituents is 1. The Morgan fingerprint density at radius 2 is 1.65 bits per heavy atom. The summed E-state index contributed by atoms with van der Waals surface area (Å²) >= 11 is 0. The third-order valence-electron chi connectivity index (χ3n) is 2.86. The number of aliphatic hydroxyl groups excluding tert-OH is 1. The molecule has 0 saturated carbocycles. The maximum atomic E-state index is 11.7. The summed E-state index contributed by atoms with van der Waals surface area (Å²) in [5, 5.41) is 18.9. The van der Waals surface area contributed by atoms with Gasteiger partial charge in [-0.2, -0.15) is 0 Å². The summed E-state index contributed by atoms with van der Waals surface area (Å²) in [6.07, 6.45) is -1.04. The Morgan fingerprint density at radius 1 is 1.00 bits per heavy atom. The van der Waals surface area contributed by atoms with Crippen LogP contribution in [0.15, 0.2) is 54.6 Å². The fourth-order valence-corrected chi connectivity index (χ4v) is 1.76. The van der Waals surface area contributed by atoms with E-state index in [1.54, 1.807) is 12.1 Å². The van der Waals surface area contributed by atoms with Gasteiger partial charge < -0.3 is 14.9 Å². The molecule has 0 fully saturated rings. The molecular weight excluding hydrogens is 256 g/mol. The van der Waals surface area contributed by atoms with Crippen molar-refractivity contribution >= 4 is 5.97 Å². The normalized spacial score (nSPS) is 11.8. The lowest BCUT2D eigenvalue weighted by atomic mass is 10.1. The molecule has 0 saturated heterocycles. The molecule has 2 N–H and O–H groups in total. The molecule has 0 aliphatic carbocycles. The highest BCUT2D eigenvalue weighted by molar-refractivity contribution is 5.74. The number of carbonyl (C=O) groups excluding carboxylic acids is 1. The third-order valence-corrected chi connectivity index (χ3v) is 2.86. The second kappa shape index (κ2) is 6.73. The summed E-state index contributed by atoms with van der Waals surface area (Å²) in [6.45, 7) is 0.145. The molecule has 20 heavy (non-hydrogen) atoms. The Labute approximate surface area is 117 Å². The molecule has 0 amide bonds. The first-order valence-electron chi connectivity index (χ1n) is 6.31. The average molecular weight is 272 g/mol. The van der Waals surface area contributed by atoms with Crippen LogP contribution in [0.4, 0.5) is 0 Å². The van der Waals surface area contributed by atoms with Crippen molar-refractivity contribution in [2.45, 2.75) is 19.1 Å². The zero-order chi connectivity index (χ0) is 14.4. The molecular formula is C16H16O4. The van der Waals surface area contributed by atoms with Crippen LogP contribution in [0.3, 0.4) is 0 Å². The van der Waals surface area contributed by atoms with Crippen molar-refractivity contribution in [2.24, 2.45) is 0 Å². The van der Waals surface area contributed by atoms with Crippen molar-refractivity contribution in [3.63, 3.8) is 0 Å². The van der Waals surface area contributed by atoms with Crippen molar-refractivity contribution in [1.29, 1.82) is 0 Å². The highest BCUT2D eigenvalue weighted by atomic mass is 16.5. The zero-order valence-corrected chi connectivity index (χ0v) is 10.9. The first kappa shape index (κ1) is 14.1. The predicted molar refractivity (Wildman–Crippen MR) is 74.1 cm³/mol. The summed E-state index contributed by atoms with van der Waals surface area (Å²) in [4.78, 5) is 11.7. The number of carbonyl (C=O) groups is 1. The van der Waals surface area contributed by atoms with Crippen molar-refractivity contribution < 1.29 is 19.7 Å². The fourth-order valence-electron chi connectivity index (χ4n) is 1.76. The molecule has 0 spiro atoms. The zero-order valence-electron chi connectivity index (χ0n) is 10.9. The lowest BCUT2D eigenvalue weighted by Gasteiger charge is -2.11. The number of aromatic hydroxyl groups is 1. The molecule has 0 bridgehead atoms. The van der Waals surface area contributed by atoms with E-state index in [1.807, 2.05) is 30.3 Å². The summed E-state index contributed by atoms with van der Waals surface area (Å²) in [5.74, 6) is -0.503. The topological polar surface area (TPSA) is 66.8 Å². The third kappa shape index (κ3) is 4.10. The van der Waals surface area contributed by atoms with Crippen molar-refractivity contribution in [2.75, 3.05) is 0 Å². The van der Waals surface area contributed by atoms with E-state index >= 15 is 0 Å². The molecule has 0 aromatic heterocycles. The molecule has 0 aliphatic heterocycles. The Morgan fingerprint density at radius 3 is 2.30 bits per heavy atom. The van der Waals surface area contributed by atoms with Crippen LogP contribution in [0.2, 0.25) is 0 Å². The smallest absolute Gasteiger partial charge is 0.335 e. The number of hydrogen-bond donors (Lipinski definition) is 2. The molecule has 2 aromatic carbocycles. The number of ether oxygens (including phenoxy) is 1. The number of rotatable bonds is 5. The number of esters is 1. The van der Waals surface area contributed by atoms with Gasteiger partial charge in [0.25, 0.3) is 0 Å². The molecule has 0 aliphatic rings. The van der Waals surface area contributed by atoms with Gasteiger partial charge in [-0.05, 0) is 23.3 Å². The minimum absolute atomic E-state index is 0.145. The van der Waals surface area contributed by atoms with Crippen LogP contribution in [-0.4, -0.2) is 22.3 Å². The van der Waals surface area contributed by atoms with Gasteiger partial charge in [0.05, 0.1) is 0 Å². The van der Waals surface area contributed by atoms with E-state index in [2.05, 4.69) is 0 Å². The summed E-state index contributed by atoms with van der Waals surface area (Å²) in [7, 11) is 0. The van der Waals surface area contributed by atoms with E-state index in [0.29, 0.717) is 0 Å². The number of hydrogen-bond acceptors (Lipinski definition) is 4. The average Bonchev–Trinajstić information content (AvgIpc) is 2.48. The lowest BCUT2D eigenvalue weighted by molar-refractivity contribution is -0.154. The van der Waals surface area contributed by atoms with Crippen LogP contribution in [0.5, 0.6) is 5.75 Å². The molecule has 2 rings (SSSR count). The number of benzene rings is 2. The quantitative estimate of drug-likeness (QED) is 0.817. The van der Waals surface area contributed by atoms with Gasteiger partial charge in [0.1, 0.15) is 12.4 Å². The summed E-state index contributed by atoms with van der Waals surface area (Å²) in [5.41, 5.74) is 1.63. The molecule has 0 radical (unpaired) electrons. The van der Waals surface area contributed by atoms with Crippen molar-refractivity contribution in [1.82, 2.24) is 0 Å². The van der Waals surface area contributed by atoms with Gasteiger partial charge in [-0.15, -0.1) is 0 Å². The first-order chi connectivity index (χ1) is 9.65. The van der Waals surface area contributed by atoms with Crippen LogP contribution in [-0.2, 0) is 22.6 Å². The standard InChI is InChI=1S/C16H16O4/c17-14-8-6-12(7-9-14)10-15(18)16(19)20-11-13-4-2-1-3-5-13/h1-9,15,17-18H,10-11H2/t15-/m1/s1. The highest BCUT2D eigenvalue weighted by Crippen LogP contribution is 2.12. The summed E-state index contributed by atoms with van der Waals surface area (Å²) in [6, 6.07) is 15.6. The number of aliphatic hydroxyl groups is 1. The van der Waals surface area contributed by atoms with Gasteiger partial charge in [-0.3, -0.25) is 0 Å². The van der Waals surface area contributed by atoms with Gasteiger partial charge in [-0.1, -0.05) is 42.5 Å². The molecule has 2 aromatic rings. The molecule has 0 unspecified atom stereocenters. The molecule has 4 heteroatoms. The largest absolute Gasteiger partial charge is 0.508 e. The first-order valence-corrected chi connectivity index (χ1v) is 6.31. The van der Waals surface area contributed by atoms with Gasteiger partial charge in [0.15, 0.2) is 6.10 Å². The van der Waals surface area contributed by atoms with E-state index in [0.717, 1.165) is 11.1 Å². The Balaban J connectivity index is 1.84. The van der Waals surface area contributed by atoms with Crippen LogP contribution >= 0.6 is 0 Å².